The van der Waals surface area contributed by atoms with Crippen LogP contribution in [0.1, 0.15) is 21.6 Å². The molecule has 2 rings (SSSR count). The van der Waals surface area contributed by atoms with Gasteiger partial charge in [-0.15, -0.1) is 0 Å². The van der Waals surface area contributed by atoms with E-state index in [9.17, 15) is 9.59 Å². The van der Waals surface area contributed by atoms with Crippen molar-refractivity contribution in [2.45, 2.75) is 13.3 Å². The van der Waals surface area contributed by atoms with Crippen molar-refractivity contribution in [2.24, 2.45) is 0 Å². The monoisotopic (exact) mass is 305 g/mol. The molecule has 2 aromatic rings. The van der Waals surface area contributed by atoms with E-state index in [-0.39, 0.29) is 23.1 Å². The van der Waals surface area contributed by atoms with E-state index in [1.165, 1.54) is 6.07 Å². The van der Waals surface area contributed by atoms with Crippen LogP contribution in [0.3, 0.4) is 0 Å². The molecule has 0 atom stereocenters. The fourth-order valence-corrected chi connectivity index (χ4v) is 2.05. The molecule has 0 saturated carbocycles. The zero-order valence-electron chi connectivity index (χ0n) is 11.1. The average molecular weight is 306 g/mol. The smallest absolute Gasteiger partial charge is 0.335 e. The fraction of sp³-hybridized carbons (Fsp3) is 0.143. The summed E-state index contributed by atoms with van der Waals surface area (Å²) in [7, 11) is 0. The maximum atomic E-state index is 12.0. The summed E-state index contributed by atoms with van der Waals surface area (Å²) in [6, 6.07) is 7.89. The van der Waals surface area contributed by atoms with Gasteiger partial charge in [0.2, 0.25) is 11.9 Å². The Morgan fingerprint density at radius 2 is 2.00 bits per heavy atom. The Morgan fingerprint density at radius 3 is 2.67 bits per heavy atom. The van der Waals surface area contributed by atoms with E-state index in [0.717, 1.165) is 0 Å². The van der Waals surface area contributed by atoms with E-state index < -0.39 is 11.9 Å². The van der Waals surface area contributed by atoms with Gasteiger partial charge >= 0.3 is 5.97 Å². The van der Waals surface area contributed by atoms with Crippen molar-refractivity contribution in [3.63, 3.8) is 0 Å². The van der Waals surface area contributed by atoms with Crippen LogP contribution in [-0.4, -0.2) is 27.0 Å². The number of hydrogen-bond donors (Lipinski definition) is 2. The third-order valence-electron chi connectivity index (χ3n) is 2.67. The molecule has 6 nitrogen and oxygen atoms in total. The van der Waals surface area contributed by atoms with E-state index >= 15 is 0 Å². The van der Waals surface area contributed by atoms with Crippen molar-refractivity contribution < 1.29 is 14.7 Å². The Bertz CT molecular complexity index is 683. The zero-order chi connectivity index (χ0) is 15.4. The minimum absolute atomic E-state index is 0.0859. The lowest BCUT2D eigenvalue weighted by atomic mass is 10.0. The number of nitrogens with one attached hydrogen (secondary N) is 1. The highest BCUT2D eigenvalue weighted by Crippen LogP contribution is 2.12. The highest BCUT2D eigenvalue weighted by atomic mass is 35.5. The van der Waals surface area contributed by atoms with E-state index in [1.807, 2.05) is 0 Å². The molecular formula is C14H12ClN3O3. The Balaban J connectivity index is 2.14. The van der Waals surface area contributed by atoms with Gasteiger partial charge in [-0.05, 0) is 24.6 Å². The highest BCUT2D eigenvalue weighted by Gasteiger charge is 2.13. The highest BCUT2D eigenvalue weighted by molar-refractivity contribution is 6.29. The van der Waals surface area contributed by atoms with Gasteiger partial charge < -0.3 is 5.11 Å². The molecule has 108 valence electrons. The van der Waals surface area contributed by atoms with Gasteiger partial charge in [-0.3, -0.25) is 10.1 Å². The van der Waals surface area contributed by atoms with Crippen molar-refractivity contribution in [1.29, 1.82) is 0 Å². The number of aromatic nitrogens is 2. The summed E-state index contributed by atoms with van der Waals surface area (Å²) < 4.78 is 0. The number of carboxylic acid groups (broad SMARTS) is 1. The summed E-state index contributed by atoms with van der Waals surface area (Å²) in [5.41, 5.74) is 1.13. The second-order valence-electron chi connectivity index (χ2n) is 4.34. The molecule has 0 aliphatic rings. The molecule has 1 heterocycles. The van der Waals surface area contributed by atoms with Crippen LogP contribution >= 0.6 is 11.6 Å². The van der Waals surface area contributed by atoms with Crippen molar-refractivity contribution in [1.82, 2.24) is 9.97 Å². The molecule has 0 aliphatic heterocycles. The number of carbonyl (C=O) groups excluding carboxylic acids is 1. The minimum Gasteiger partial charge on any atom is -0.478 e. The second kappa shape index (κ2) is 6.32. The number of rotatable bonds is 4. The minimum atomic E-state index is -1.08. The van der Waals surface area contributed by atoms with E-state index in [4.69, 9.17) is 16.7 Å². The van der Waals surface area contributed by atoms with Gasteiger partial charge in [0, 0.05) is 5.69 Å². The summed E-state index contributed by atoms with van der Waals surface area (Å²) in [5, 5.41) is 11.8. The first kappa shape index (κ1) is 14.9. The van der Waals surface area contributed by atoms with Gasteiger partial charge in [0.15, 0.2) is 0 Å². The summed E-state index contributed by atoms with van der Waals surface area (Å²) >= 11 is 5.78. The lowest BCUT2D eigenvalue weighted by Crippen LogP contribution is -2.18. The molecule has 1 aromatic heterocycles. The van der Waals surface area contributed by atoms with Gasteiger partial charge in [0.05, 0.1) is 12.0 Å². The molecule has 0 radical (unpaired) electrons. The Morgan fingerprint density at radius 1 is 1.29 bits per heavy atom. The van der Waals surface area contributed by atoms with Crippen LogP contribution in [0.2, 0.25) is 5.15 Å². The lowest BCUT2D eigenvalue weighted by Gasteiger charge is -2.07. The predicted octanol–water partition coefficient (Wildman–Crippen LogP) is 2.32. The van der Waals surface area contributed by atoms with Crippen LogP contribution in [0.15, 0.2) is 30.3 Å². The average Bonchev–Trinajstić information content (AvgIpc) is 2.37. The van der Waals surface area contributed by atoms with Crippen molar-refractivity contribution in [2.75, 3.05) is 5.32 Å². The number of aromatic carboxylic acids is 1. The number of aryl methyl sites for hydroxylation is 1. The zero-order valence-corrected chi connectivity index (χ0v) is 11.9. The van der Waals surface area contributed by atoms with Crippen molar-refractivity contribution in [3.8, 4) is 0 Å². The van der Waals surface area contributed by atoms with E-state index in [2.05, 4.69) is 15.3 Å². The SMILES string of the molecule is Cc1cc(Cl)nc(NC(=O)Cc2ccccc2C(=O)O)n1. The molecule has 0 spiro atoms. The number of nitrogens with zero attached hydrogens (tertiary/aromatic N) is 2. The van der Waals surface area contributed by atoms with E-state index in [1.54, 1.807) is 31.2 Å². The van der Waals surface area contributed by atoms with Gasteiger partial charge in [-0.2, -0.15) is 0 Å². The molecule has 0 bridgehead atoms. The molecular weight excluding hydrogens is 294 g/mol. The van der Waals surface area contributed by atoms with Gasteiger partial charge in [0.25, 0.3) is 0 Å². The Kier molecular flexibility index (Phi) is 4.49. The maximum Gasteiger partial charge on any atom is 0.335 e. The van der Waals surface area contributed by atoms with Crippen LogP contribution < -0.4 is 5.32 Å². The molecule has 0 fully saturated rings. The van der Waals surface area contributed by atoms with E-state index in [0.29, 0.717) is 11.3 Å². The summed E-state index contributed by atoms with van der Waals surface area (Å²) in [6.07, 6.45) is -0.0859. The van der Waals surface area contributed by atoms with Crippen LogP contribution in [0, 0.1) is 6.92 Å². The second-order valence-corrected chi connectivity index (χ2v) is 4.73. The molecule has 2 N–H and O–H groups in total. The standard InChI is InChI=1S/C14H12ClN3O3/c1-8-6-11(15)17-14(16-8)18-12(19)7-9-4-2-3-5-10(9)13(20)21/h2-6H,7H2,1H3,(H,20,21)(H,16,17,18,19). The summed E-state index contributed by atoms with van der Waals surface area (Å²) in [6.45, 7) is 1.73. The summed E-state index contributed by atoms with van der Waals surface area (Å²) in [5.74, 6) is -1.39. The molecule has 0 unspecified atom stereocenters. The van der Waals surface area contributed by atoms with Crippen LogP contribution in [0.4, 0.5) is 5.95 Å². The molecule has 7 heteroatoms. The van der Waals surface area contributed by atoms with Gasteiger partial charge in [0.1, 0.15) is 5.15 Å². The number of carbonyl (C=O) groups is 2. The number of halogens is 1. The molecule has 1 aromatic carbocycles. The Hall–Kier alpha value is -2.47. The molecule has 21 heavy (non-hydrogen) atoms. The fourth-order valence-electron chi connectivity index (χ4n) is 1.81. The molecule has 0 aliphatic carbocycles. The van der Waals surface area contributed by atoms with Crippen molar-refractivity contribution >= 4 is 29.4 Å². The number of benzene rings is 1. The maximum absolute atomic E-state index is 12.0. The van der Waals surface area contributed by atoms with Crippen LogP contribution in [0.25, 0.3) is 0 Å². The largest absolute Gasteiger partial charge is 0.478 e. The quantitative estimate of drug-likeness (QED) is 0.846. The number of hydrogen-bond acceptors (Lipinski definition) is 4. The molecule has 0 saturated heterocycles. The van der Waals surface area contributed by atoms with Crippen molar-refractivity contribution in [3.05, 3.63) is 52.3 Å². The first-order valence-electron chi connectivity index (χ1n) is 6.08. The third-order valence-corrected chi connectivity index (χ3v) is 2.87. The topological polar surface area (TPSA) is 92.2 Å². The number of carboxylic acids is 1. The van der Waals surface area contributed by atoms with Gasteiger partial charge in [-0.25, -0.2) is 14.8 Å². The third kappa shape index (κ3) is 4.00. The van der Waals surface area contributed by atoms with Crippen LogP contribution in [-0.2, 0) is 11.2 Å². The van der Waals surface area contributed by atoms with Crippen LogP contribution in [0.5, 0.6) is 0 Å². The molecule has 1 amide bonds. The first-order chi connectivity index (χ1) is 9.95. The normalized spacial score (nSPS) is 10.2. The predicted molar refractivity (Wildman–Crippen MR) is 77.5 cm³/mol. The Labute approximate surface area is 125 Å². The number of amides is 1. The number of anilines is 1. The van der Waals surface area contributed by atoms with Gasteiger partial charge in [-0.1, -0.05) is 29.8 Å². The lowest BCUT2D eigenvalue weighted by molar-refractivity contribution is -0.115. The summed E-state index contributed by atoms with van der Waals surface area (Å²) in [4.78, 5) is 30.9. The first-order valence-corrected chi connectivity index (χ1v) is 6.46.